The lowest BCUT2D eigenvalue weighted by molar-refractivity contribution is -0.121. The zero-order valence-corrected chi connectivity index (χ0v) is 18.0. The molecule has 0 atom stereocenters. The van der Waals surface area contributed by atoms with Gasteiger partial charge in [0.25, 0.3) is 11.5 Å². The van der Waals surface area contributed by atoms with Crippen molar-refractivity contribution in [2.24, 2.45) is 7.05 Å². The summed E-state index contributed by atoms with van der Waals surface area (Å²) in [4.78, 5) is 37.6. The van der Waals surface area contributed by atoms with Crippen LogP contribution in [0.2, 0.25) is 0 Å². The third-order valence-electron chi connectivity index (χ3n) is 5.88. The van der Waals surface area contributed by atoms with Gasteiger partial charge in [0.1, 0.15) is 12.1 Å². The van der Waals surface area contributed by atoms with Crippen molar-refractivity contribution >= 4 is 11.8 Å². The molecule has 1 aliphatic rings. The summed E-state index contributed by atoms with van der Waals surface area (Å²) in [5.74, 6) is -0.620. The number of rotatable bonds is 7. The van der Waals surface area contributed by atoms with Gasteiger partial charge in [-0.2, -0.15) is 5.10 Å². The molecule has 0 unspecified atom stereocenters. The van der Waals surface area contributed by atoms with Crippen LogP contribution in [0.25, 0.3) is 0 Å². The highest BCUT2D eigenvalue weighted by Crippen LogP contribution is 2.17. The van der Waals surface area contributed by atoms with E-state index in [1.54, 1.807) is 6.07 Å². The SMILES string of the molecule is Cc1nn(C)c(C)c1CCNC(=O)Cn1cccc(C(=O)NC2CCCCC2)c1=O. The Morgan fingerprint density at radius 1 is 1.20 bits per heavy atom. The highest BCUT2D eigenvalue weighted by Gasteiger charge is 2.19. The number of nitrogens with one attached hydrogen (secondary N) is 2. The Labute approximate surface area is 176 Å². The maximum atomic E-state index is 12.7. The van der Waals surface area contributed by atoms with E-state index in [0.717, 1.165) is 42.6 Å². The van der Waals surface area contributed by atoms with Gasteiger partial charge >= 0.3 is 0 Å². The molecular weight excluding hydrogens is 382 g/mol. The van der Waals surface area contributed by atoms with Crippen molar-refractivity contribution in [3.63, 3.8) is 0 Å². The molecular formula is C22H31N5O3. The Morgan fingerprint density at radius 3 is 2.60 bits per heavy atom. The Kier molecular flexibility index (Phi) is 7.07. The third kappa shape index (κ3) is 5.17. The molecule has 1 aliphatic carbocycles. The average Bonchev–Trinajstić information content (AvgIpc) is 2.96. The third-order valence-corrected chi connectivity index (χ3v) is 5.88. The molecule has 30 heavy (non-hydrogen) atoms. The van der Waals surface area contributed by atoms with Gasteiger partial charge in [-0.25, -0.2) is 0 Å². The van der Waals surface area contributed by atoms with Crippen LogP contribution in [0.15, 0.2) is 23.1 Å². The molecule has 8 heteroatoms. The lowest BCUT2D eigenvalue weighted by Crippen LogP contribution is -2.40. The van der Waals surface area contributed by atoms with Crippen LogP contribution in [0.4, 0.5) is 0 Å². The topological polar surface area (TPSA) is 98.0 Å². The molecule has 2 heterocycles. The van der Waals surface area contributed by atoms with E-state index < -0.39 is 5.56 Å². The summed E-state index contributed by atoms with van der Waals surface area (Å²) in [6.07, 6.45) is 7.50. The maximum Gasteiger partial charge on any atom is 0.263 e. The summed E-state index contributed by atoms with van der Waals surface area (Å²) in [5.41, 5.74) is 2.79. The molecule has 2 aromatic rings. The smallest absolute Gasteiger partial charge is 0.263 e. The zero-order valence-electron chi connectivity index (χ0n) is 18.0. The van der Waals surface area contributed by atoms with Gasteiger partial charge in [0.15, 0.2) is 0 Å². The zero-order chi connectivity index (χ0) is 21.7. The minimum absolute atomic E-state index is 0.0810. The molecule has 0 aliphatic heterocycles. The molecule has 1 fully saturated rings. The first-order chi connectivity index (χ1) is 14.4. The van der Waals surface area contributed by atoms with Gasteiger partial charge in [0.2, 0.25) is 5.91 Å². The van der Waals surface area contributed by atoms with Crippen LogP contribution >= 0.6 is 0 Å². The van der Waals surface area contributed by atoms with E-state index in [4.69, 9.17) is 0 Å². The molecule has 8 nitrogen and oxygen atoms in total. The molecule has 0 bridgehead atoms. The summed E-state index contributed by atoms with van der Waals surface area (Å²) >= 11 is 0. The lowest BCUT2D eigenvalue weighted by Gasteiger charge is -2.22. The van der Waals surface area contributed by atoms with Gasteiger partial charge < -0.3 is 15.2 Å². The van der Waals surface area contributed by atoms with Crippen LogP contribution < -0.4 is 16.2 Å². The highest BCUT2D eigenvalue weighted by molar-refractivity contribution is 5.94. The van der Waals surface area contributed by atoms with Crippen molar-refractivity contribution in [3.8, 4) is 0 Å². The van der Waals surface area contributed by atoms with Crippen LogP contribution in [-0.2, 0) is 24.8 Å². The summed E-state index contributed by atoms with van der Waals surface area (Å²) in [6, 6.07) is 3.28. The molecule has 0 radical (unpaired) electrons. The fourth-order valence-electron chi connectivity index (χ4n) is 4.06. The van der Waals surface area contributed by atoms with Crippen LogP contribution in [0.5, 0.6) is 0 Å². The molecule has 0 aromatic carbocycles. The van der Waals surface area contributed by atoms with Crippen LogP contribution in [-0.4, -0.2) is 38.7 Å². The minimum atomic E-state index is -0.445. The number of hydrogen-bond acceptors (Lipinski definition) is 4. The van der Waals surface area contributed by atoms with Crippen molar-refractivity contribution in [2.75, 3.05) is 6.54 Å². The first-order valence-electron chi connectivity index (χ1n) is 10.6. The lowest BCUT2D eigenvalue weighted by atomic mass is 9.95. The molecule has 2 amide bonds. The predicted molar refractivity (Wildman–Crippen MR) is 114 cm³/mol. The van der Waals surface area contributed by atoms with Crippen molar-refractivity contribution in [1.29, 1.82) is 0 Å². The quantitative estimate of drug-likeness (QED) is 0.721. The second-order valence-corrected chi connectivity index (χ2v) is 8.04. The number of hydrogen-bond donors (Lipinski definition) is 2. The van der Waals surface area contributed by atoms with Crippen molar-refractivity contribution in [3.05, 3.63) is 51.2 Å². The molecule has 2 N–H and O–H groups in total. The predicted octanol–water partition coefficient (Wildman–Crippen LogP) is 1.62. The van der Waals surface area contributed by atoms with Crippen molar-refractivity contribution in [2.45, 2.75) is 65.0 Å². The fourth-order valence-corrected chi connectivity index (χ4v) is 4.06. The standard InChI is InChI=1S/C22H31N5O3/c1-15-18(16(2)26(3)25-15)11-12-23-20(28)14-27-13-7-10-19(22(27)30)21(29)24-17-8-5-4-6-9-17/h7,10,13,17H,4-6,8-9,11-12,14H2,1-3H3,(H,23,28)(H,24,29). The number of amides is 2. The Hall–Kier alpha value is -2.90. The highest BCUT2D eigenvalue weighted by atomic mass is 16.2. The molecule has 0 spiro atoms. The molecule has 3 rings (SSSR count). The number of aryl methyl sites for hydroxylation is 2. The van der Waals surface area contributed by atoms with E-state index in [1.165, 1.54) is 23.3 Å². The van der Waals surface area contributed by atoms with Crippen molar-refractivity contribution < 1.29 is 9.59 Å². The van der Waals surface area contributed by atoms with Gasteiger partial charge in [-0.3, -0.25) is 19.1 Å². The van der Waals surface area contributed by atoms with E-state index in [0.29, 0.717) is 13.0 Å². The van der Waals surface area contributed by atoms with Gasteiger partial charge in [0.05, 0.1) is 5.69 Å². The van der Waals surface area contributed by atoms with Crippen LogP contribution in [0, 0.1) is 13.8 Å². The van der Waals surface area contributed by atoms with Gasteiger partial charge in [-0.05, 0) is 50.8 Å². The monoisotopic (exact) mass is 413 g/mol. The van der Waals surface area contributed by atoms with E-state index in [1.807, 2.05) is 25.6 Å². The summed E-state index contributed by atoms with van der Waals surface area (Å²) in [6.45, 7) is 4.30. The Bertz CT molecular complexity index is 970. The van der Waals surface area contributed by atoms with E-state index in [2.05, 4.69) is 15.7 Å². The van der Waals surface area contributed by atoms with Crippen molar-refractivity contribution in [1.82, 2.24) is 25.0 Å². The normalized spacial score (nSPS) is 14.5. The van der Waals surface area contributed by atoms with Gasteiger partial charge in [-0.1, -0.05) is 19.3 Å². The van der Waals surface area contributed by atoms with Gasteiger partial charge in [-0.15, -0.1) is 0 Å². The molecule has 1 saturated carbocycles. The number of carbonyl (C=O) groups excluding carboxylic acids is 2. The summed E-state index contributed by atoms with van der Waals surface area (Å²) < 4.78 is 3.11. The molecule has 2 aromatic heterocycles. The molecule has 162 valence electrons. The van der Waals surface area contributed by atoms with E-state index >= 15 is 0 Å². The van der Waals surface area contributed by atoms with E-state index in [9.17, 15) is 14.4 Å². The summed E-state index contributed by atoms with van der Waals surface area (Å²) in [5, 5.41) is 10.2. The van der Waals surface area contributed by atoms with Crippen LogP contribution in [0.1, 0.15) is 59.4 Å². The average molecular weight is 414 g/mol. The Morgan fingerprint density at radius 2 is 1.93 bits per heavy atom. The first-order valence-corrected chi connectivity index (χ1v) is 10.6. The molecule has 0 saturated heterocycles. The number of aromatic nitrogens is 3. The van der Waals surface area contributed by atoms with Gasteiger partial charge in [0, 0.05) is 31.5 Å². The number of carbonyl (C=O) groups is 2. The maximum absolute atomic E-state index is 12.7. The number of nitrogens with zero attached hydrogens (tertiary/aromatic N) is 3. The number of pyridine rings is 1. The minimum Gasteiger partial charge on any atom is -0.354 e. The van der Waals surface area contributed by atoms with E-state index in [-0.39, 0.29) is 30.0 Å². The second-order valence-electron chi connectivity index (χ2n) is 8.04. The summed E-state index contributed by atoms with van der Waals surface area (Å²) in [7, 11) is 1.90. The fraction of sp³-hybridized carbons (Fsp3) is 0.545. The largest absolute Gasteiger partial charge is 0.354 e. The second kappa shape index (κ2) is 9.73. The van der Waals surface area contributed by atoms with Crippen LogP contribution in [0.3, 0.4) is 0 Å². The Balaban J connectivity index is 1.57. The first kappa shape index (κ1) is 21.8.